The fourth-order valence-electron chi connectivity index (χ4n) is 1.45. The quantitative estimate of drug-likeness (QED) is 0.473. The molecule has 0 atom stereocenters. The molecule has 96 valence electrons. The van der Waals surface area contributed by atoms with Gasteiger partial charge in [-0.3, -0.25) is 0 Å². The minimum atomic E-state index is -0.0542. The van der Waals surface area contributed by atoms with Crippen LogP contribution in [0.4, 0.5) is 0 Å². The van der Waals surface area contributed by atoms with Crippen molar-refractivity contribution in [2.24, 2.45) is 5.41 Å². The van der Waals surface area contributed by atoms with E-state index in [1.54, 1.807) is 6.92 Å². The molecule has 0 heterocycles. The number of hydrogen-bond acceptors (Lipinski definition) is 2. The predicted molar refractivity (Wildman–Crippen MR) is 71.9 cm³/mol. The van der Waals surface area contributed by atoms with Crippen LogP contribution in [0.15, 0.2) is 23.8 Å². The van der Waals surface area contributed by atoms with Gasteiger partial charge >= 0.3 is 0 Å². The zero-order valence-corrected chi connectivity index (χ0v) is 11.5. The molecule has 0 spiro atoms. The minimum Gasteiger partial charge on any atom is -0.303 e. The number of carbonyl (C=O) groups excluding carboxylic acids is 2. The minimum absolute atomic E-state index is 0.0542. The van der Waals surface area contributed by atoms with Gasteiger partial charge in [0, 0.05) is 12.8 Å². The van der Waals surface area contributed by atoms with E-state index in [4.69, 9.17) is 0 Å². The number of carbonyl (C=O) groups is 2. The van der Waals surface area contributed by atoms with Gasteiger partial charge in [-0.05, 0) is 32.1 Å². The summed E-state index contributed by atoms with van der Waals surface area (Å²) < 4.78 is 0. The highest BCUT2D eigenvalue weighted by molar-refractivity contribution is 5.75. The average Bonchev–Trinajstić information content (AvgIpc) is 2.16. The first-order chi connectivity index (χ1) is 7.87. The number of rotatable bonds is 8. The Bertz CT molecular complexity index is 309. The highest BCUT2D eigenvalue weighted by Gasteiger charge is 2.11. The molecule has 0 bridgehead atoms. The second kappa shape index (κ2) is 7.99. The number of allylic oxidation sites excluding steroid dienone is 4. The van der Waals surface area contributed by atoms with E-state index in [-0.39, 0.29) is 11.2 Å². The predicted octanol–water partition coefficient (Wildman–Crippen LogP) is 3.86. The molecule has 0 aliphatic rings. The van der Waals surface area contributed by atoms with Gasteiger partial charge in [-0.15, -0.1) is 0 Å². The van der Waals surface area contributed by atoms with Gasteiger partial charge in [-0.2, -0.15) is 0 Å². The molecule has 0 N–H and O–H groups in total. The number of Topliss-reactive ketones (excluding diaryl/α,β-unsaturated/α-hetero) is 1. The van der Waals surface area contributed by atoms with Gasteiger partial charge in [-0.25, -0.2) is 0 Å². The largest absolute Gasteiger partial charge is 0.303 e. The standard InChI is InChI=1S/C15H24O2/c1-13(7-5-9-14(2)17)8-6-10-15(3,4)11-12-16/h6-7,10,12H,5,8-9,11H2,1-4H3/b10-6+,13-7+. The maximum absolute atomic E-state index is 10.8. The molecule has 0 aromatic carbocycles. The molecule has 2 nitrogen and oxygen atoms in total. The van der Waals surface area contributed by atoms with Gasteiger partial charge < -0.3 is 9.59 Å². The Morgan fingerprint density at radius 3 is 2.41 bits per heavy atom. The number of hydrogen-bond donors (Lipinski definition) is 0. The molecule has 0 fully saturated rings. The normalized spacial score (nSPS) is 13.1. The zero-order chi connectivity index (χ0) is 13.3. The molecule has 0 aliphatic carbocycles. The van der Waals surface area contributed by atoms with Crippen molar-refractivity contribution in [3.8, 4) is 0 Å². The first kappa shape index (κ1) is 15.8. The second-order valence-corrected chi connectivity index (χ2v) is 5.26. The maximum atomic E-state index is 10.8. The van der Waals surface area contributed by atoms with Crippen molar-refractivity contribution in [1.29, 1.82) is 0 Å². The molecule has 0 saturated carbocycles. The van der Waals surface area contributed by atoms with Crippen LogP contribution in [0, 0.1) is 5.41 Å². The van der Waals surface area contributed by atoms with E-state index < -0.39 is 0 Å². The van der Waals surface area contributed by atoms with Gasteiger partial charge in [0.25, 0.3) is 0 Å². The molecule has 0 amide bonds. The van der Waals surface area contributed by atoms with E-state index in [1.807, 2.05) is 13.8 Å². The van der Waals surface area contributed by atoms with Gasteiger partial charge in [0.1, 0.15) is 12.1 Å². The van der Waals surface area contributed by atoms with Crippen LogP contribution in [0.1, 0.15) is 53.4 Å². The molecule has 0 saturated heterocycles. The molecule has 0 radical (unpaired) electrons. The van der Waals surface area contributed by atoms with Crippen LogP contribution >= 0.6 is 0 Å². The fraction of sp³-hybridized carbons (Fsp3) is 0.600. The van der Waals surface area contributed by atoms with E-state index in [0.29, 0.717) is 12.8 Å². The summed E-state index contributed by atoms with van der Waals surface area (Å²) >= 11 is 0. The monoisotopic (exact) mass is 236 g/mol. The molecule has 0 aromatic rings. The molecular formula is C15H24O2. The summed E-state index contributed by atoms with van der Waals surface area (Å²) in [7, 11) is 0. The van der Waals surface area contributed by atoms with Crippen molar-refractivity contribution in [1.82, 2.24) is 0 Å². The van der Waals surface area contributed by atoms with Crippen LogP contribution in [0.25, 0.3) is 0 Å². The lowest BCUT2D eigenvalue weighted by atomic mass is 9.89. The zero-order valence-electron chi connectivity index (χ0n) is 11.5. The lowest BCUT2D eigenvalue weighted by Crippen LogP contribution is -2.07. The summed E-state index contributed by atoms with van der Waals surface area (Å²) in [5, 5.41) is 0. The molecular weight excluding hydrogens is 212 g/mol. The van der Waals surface area contributed by atoms with Crippen molar-refractivity contribution >= 4 is 12.1 Å². The Morgan fingerprint density at radius 1 is 1.24 bits per heavy atom. The summed E-state index contributed by atoms with van der Waals surface area (Å²) in [6.45, 7) is 7.78. The summed E-state index contributed by atoms with van der Waals surface area (Å²) in [5.41, 5.74) is 1.21. The summed E-state index contributed by atoms with van der Waals surface area (Å²) in [6.07, 6.45) is 10.1. The molecule has 0 aromatic heterocycles. The molecule has 0 unspecified atom stereocenters. The van der Waals surface area contributed by atoms with E-state index in [9.17, 15) is 9.59 Å². The van der Waals surface area contributed by atoms with Crippen LogP contribution in [0.2, 0.25) is 0 Å². The van der Waals surface area contributed by atoms with E-state index in [1.165, 1.54) is 5.57 Å². The van der Waals surface area contributed by atoms with Crippen molar-refractivity contribution in [2.75, 3.05) is 0 Å². The smallest absolute Gasteiger partial charge is 0.130 e. The van der Waals surface area contributed by atoms with Gasteiger partial charge in [0.2, 0.25) is 0 Å². The maximum Gasteiger partial charge on any atom is 0.130 e. The SMILES string of the molecule is CC(=O)CC/C=C(\C)C/C=C/C(C)(C)CC=O. The van der Waals surface area contributed by atoms with Gasteiger partial charge in [-0.1, -0.05) is 37.6 Å². The lowest BCUT2D eigenvalue weighted by Gasteiger charge is -2.15. The van der Waals surface area contributed by atoms with Crippen LogP contribution in [0.5, 0.6) is 0 Å². The van der Waals surface area contributed by atoms with Crippen molar-refractivity contribution in [3.05, 3.63) is 23.8 Å². The van der Waals surface area contributed by atoms with Crippen LogP contribution in [-0.4, -0.2) is 12.1 Å². The molecule has 0 aliphatic heterocycles. The van der Waals surface area contributed by atoms with Gasteiger partial charge in [0.15, 0.2) is 0 Å². The molecule has 17 heavy (non-hydrogen) atoms. The van der Waals surface area contributed by atoms with E-state index in [2.05, 4.69) is 25.2 Å². The number of aldehydes is 1. The third-order valence-corrected chi connectivity index (χ3v) is 2.61. The first-order valence-electron chi connectivity index (χ1n) is 6.14. The third kappa shape index (κ3) is 9.73. The third-order valence-electron chi connectivity index (χ3n) is 2.61. The molecule has 2 heteroatoms. The lowest BCUT2D eigenvalue weighted by molar-refractivity contribution is -0.117. The topological polar surface area (TPSA) is 34.1 Å². The van der Waals surface area contributed by atoms with Crippen molar-refractivity contribution in [2.45, 2.75) is 53.4 Å². The summed E-state index contributed by atoms with van der Waals surface area (Å²) in [4.78, 5) is 21.2. The van der Waals surface area contributed by atoms with Crippen LogP contribution in [0.3, 0.4) is 0 Å². The van der Waals surface area contributed by atoms with E-state index >= 15 is 0 Å². The highest BCUT2D eigenvalue weighted by Crippen LogP contribution is 2.21. The summed E-state index contributed by atoms with van der Waals surface area (Å²) in [6, 6.07) is 0. The fourth-order valence-corrected chi connectivity index (χ4v) is 1.45. The van der Waals surface area contributed by atoms with Gasteiger partial charge in [0.05, 0.1) is 0 Å². The average molecular weight is 236 g/mol. The number of ketones is 1. The second-order valence-electron chi connectivity index (χ2n) is 5.26. The van der Waals surface area contributed by atoms with E-state index in [0.717, 1.165) is 19.1 Å². The Balaban J connectivity index is 4.05. The van der Waals surface area contributed by atoms with Crippen LogP contribution < -0.4 is 0 Å². The Labute approximate surface area is 105 Å². The Morgan fingerprint density at radius 2 is 1.88 bits per heavy atom. The van der Waals surface area contributed by atoms with Crippen molar-refractivity contribution in [3.63, 3.8) is 0 Å². The first-order valence-corrected chi connectivity index (χ1v) is 6.14. The highest BCUT2D eigenvalue weighted by atomic mass is 16.1. The Kier molecular flexibility index (Phi) is 7.44. The Hall–Kier alpha value is -1.18. The van der Waals surface area contributed by atoms with Crippen molar-refractivity contribution < 1.29 is 9.59 Å². The van der Waals surface area contributed by atoms with Crippen LogP contribution in [-0.2, 0) is 9.59 Å². The summed E-state index contributed by atoms with van der Waals surface area (Å²) in [5.74, 6) is 0.233. The molecule has 0 rings (SSSR count).